The first-order chi connectivity index (χ1) is 18.2. The highest BCUT2D eigenvalue weighted by atomic mass is 16.6. The van der Waals surface area contributed by atoms with Gasteiger partial charge in [0.1, 0.15) is 11.1 Å². The number of nitrogens with two attached hydrogens (primary N) is 1. The fourth-order valence-corrected chi connectivity index (χ4v) is 4.80. The van der Waals surface area contributed by atoms with Crippen LogP contribution in [0.5, 0.6) is 0 Å². The van der Waals surface area contributed by atoms with Crippen LogP contribution in [0.2, 0.25) is 0 Å². The van der Waals surface area contributed by atoms with Crippen molar-refractivity contribution in [2.24, 2.45) is 0 Å². The number of aryl methyl sites for hydroxylation is 1. The van der Waals surface area contributed by atoms with Crippen molar-refractivity contribution in [1.29, 1.82) is 0 Å². The van der Waals surface area contributed by atoms with Crippen LogP contribution in [0.3, 0.4) is 0 Å². The van der Waals surface area contributed by atoms with Crippen molar-refractivity contribution in [2.75, 3.05) is 18.8 Å². The Labute approximate surface area is 221 Å². The van der Waals surface area contributed by atoms with E-state index in [0.29, 0.717) is 37.2 Å². The molecule has 0 aliphatic carbocycles. The number of amides is 1. The first-order valence-electron chi connectivity index (χ1n) is 13.0. The second-order valence-corrected chi connectivity index (χ2v) is 10.6. The molecule has 1 aromatic carbocycles. The summed E-state index contributed by atoms with van der Waals surface area (Å²) >= 11 is 0. The van der Waals surface area contributed by atoms with E-state index in [0.717, 1.165) is 41.5 Å². The van der Waals surface area contributed by atoms with Gasteiger partial charge in [0, 0.05) is 44.0 Å². The second-order valence-electron chi connectivity index (χ2n) is 10.6. The molecule has 0 radical (unpaired) electrons. The van der Waals surface area contributed by atoms with Crippen molar-refractivity contribution >= 4 is 22.9 Å². The van der Waals surface area contributed by atoms with Crippen LogP contribution in [0, 0.1) is 0 Å². The van der Waals surface area contributed by atoms with E-state index < -0.39 is 5.60 Å². The van der Waals surface area contributed by atoms with E-state index in [1.54, 1.807) is 11.1 Å². The number of hydrogen-bond acceptors (Lipinski definition) is 9. The van der Waals surface area contributed by atoms with Crippen LogP contribution in [-0.4, -0.2) is 60.6 Å². The Morgan fingerprint density at radius 1 is 1.16 bits per heavy atom. The van der Waals surface area contributed by atoms with E-state index in [-0.39, 0.29) is 11.9 Å². The lowest BCUT2D eigenvalue weighted by molar-refractivity contribution is 0.0198. The molecule has 11 heteroatoms. The van der Waals surface area contributed by atoms with E-state index in [1.165, 1.54) is 5.56 Å². The smallest absolute Gasteiger partial charge is 0.410 e. The summed E-state index contributed by atoms with van der Waals surface area (Å²) in [5.74, 6) is 0.811. The lowest BCUT2D eigenvalue weighted by Gasteiger charge is -2.33. The summed E-state index contributed by atoms with van der Waals surface area (Å²) < 4.78 is 12.4. The predicted molar refractivity (Wildman–Crippen MR) is 144 cm³/mol. The summed E-state index contributed by atoms with van der Waals surface area (Å²) in [4.78, 5) is 23.2. The molecule has 1 amide bonds. The van der Waals surface area contributed by atoms with Crippen LogP contribution >= 0.6 is 0 Å². The largest absolute Gasteiger partial charge is 0.444 e. The van der Waals surface area contributed by atoms with E-state index in [1.807, 2.05) is 33.9 Å². The average molecular weight is 519 g/mol. The van der Waals surface area contributed by atoms with Gasteiger partial charge in [-0.05, 0) is 62.0 Å². The molecule has 0 saturated carbocycles. The number of piperidine rings is 1. The molecule has 0 unspecified atom stereocenters. The maximum absolute atomic E-state index is 12.3. The third-order valence-corrected chi connectivity index (χ3v) is 6.70. The number of carbonyl (C=O) groups excluding carboxylic acids is 1. The molecule has 4 aromatic rings. The Bertz CT molecular complexity index is 1410. The summed E-state index contributed by atoms with van der Waals surface area (Å²) in [6.07, 6.45) is 5.18. The molecule has 1 aliphatic rings. The lowest BCUT2D eigenvalue weighted by Crippen LogP contribution is -2.46. The van der Waals surface area contributed by atoms with Crippen molar-refractivity contribution in [3.63, 3.8) is 0 Å². The predicted octanol–water partition coefficient (Wildman–Crippen LogP) is 4.24. The zero-order valence-electron chi connectivity index (χ0n) is 22.3. The Morgan fingerprint density at radius 2 is 1.89 bits per heavy atom. The molecule has 3 aromatic heterocycles. The number of rotatable bonds is 6. The fraction of sp³-hybridized carbons (Fsp3) is 0.444. The van der Waals surface area contributed by atoms with Crippen LogP contribution < -0.4 is 11.1 Å². The Kier molecular flexibility index (Phi) is 7.02. The zero-order chi connectivity index (χ0) is 26.9. The number of benzene rings is 1. The number of imidazole rings is 1. The summed E-state index contributed by atoms with van der Waals surface area (Å²) in [5, 5.41) is 11.3. The van der Waals surface area contributed by atoms with Crippen molar-refractivity contribution in [2.45, 2.75) is 65.3 Å². The SMILES string of the molecule is CCn1c(-c2nonc2N)nc2cncc(-c3ccc(CNC4CCN(C(=O)OC(C)(C)C)CC4)cc3)c21. The molecule has 1 saturated heterocycles. The van der Waals surface area contributed by atoms with Crippen molar-refractivity contribution in [3.05, 3.63) is 42.2 Å². The van der Waals surface area contributed by atoms with Gasteiger partial charge in [-0.25, -0.2) is 14.4 Å². The van der Waals surface area contributed by atoms with Crippen molar-refractivity contribution in [3.8, 4) is 22.6 Å². The zero-order valence-corrected chi connectivity index (χ0v) is 22.3. The number of nitrogens with one attached hydrogen (secondary N) is 1. The average Bonchev–Trinajstić information content (AvgIpc) is 3.49. The van der Waals surface area contributed by atoms with Crippen LogP contribution in [0.1, 0.15) is 46.1 Å². The molecule has 3 N–H and O–H groups in total. The second kappa shape index (κ2) is 10.4. The van der Waals surface area contributed by atoms with Gasteiger partial charge in [0.2, 0.25) is 0 Å². The number of pyridine rings is 1. The van der Waals surface area contributed by atoms with Crippen LogP contribution in [-0.2, 0) is 17.8 Å². The number of nitrogen functional groups attached to an aromatic ring is 1. The first-order valence-corrected chi connectivity index (χ1v) is 13.0. The van der Waals surface area contributed by atoms with Crippen LogP contribution in [0.25, 0.3) is 33.7 Å². The maximum Gasteiger partial charge on any atom is 0.410 e. The van der Waals surface area contributed by atoms with Crippen molar-refractivity contribution < 1.29 is 14.2 Å². The van der Waals surface area contributed by atoms with Gasteiger partial charge in [0.15, 0.2) is 17.3 Å². The first kappa shape index (κ1) is 25.7. The van der Waals surface area contributed by atoms with E-state index >= 15 is 0 Å². The van der Waals surface area contributed by atoms with Gasteiger partial charge < -0.3 is 25.3 Å². The van der Waals surface area contributed by atoms with Crippen molar-refractivity contribution in [1.82, 2.24) is 35.1 Å². The topological polar surface area (TPSA) is 137 Å². The highest BCUT2D eigenvalue weighted by molar-refractivity contribution is 5.93. The Morgan fingerprint density at radius 3 is 2.53 bits per heavy atom. The van der Waals surface area contributed by atoms with Gasteiger partial charge in [0.25, 0.3) is 0 Å². The normalized spacial score (nSPS) is 14.8. The van der Waals surface area contributed by atoms with Gasteiger partial charge in [0.05, 0.1) is 11.7 Å². The molecule has 1 aliphatic heterocycles. The third-order valence-electron chi connectivity index (χ3n) is 6.70. The Balaban J connectivity index is 1.26. The quantitative estimate of drug-likeness (QED) is 0.384. The van der Waals surface area contributed by atoms with Gasteiger partial charge in [-0.15, -0.1) is 0 Å². The number of hydrogen-bond donors (Lipinski definition) is 2. The summed E-state index contributed by atoms with van der Waals surface area (Å²) in [6.45, 7) is 10.6. The highest BCUT2D eigenvalue weighted by Gasteiger charge is 2.26. The van der Waals surface area contributed by atoms with Crippen LogP contribution in [0.15, 0.2) is 41.3 Å². The number of fused-ring (bicyclic) bond motifs is 1. The fourth-order valence-electron chi connectivity index (χ4n) is 4.80. The van der Waals surface area contributed by atoms with Crippen LogP contribution in [0.4, 0.5) is 10.6 Å². The monoisotopic (exact) mass is 518 g/mol. The van der Waals surface area contributed by atoms with E-state index in [9.17, 15) is 4.79 Å². The maximum atomic E-state index is 12.3. The minimum Gasteiger partial charge on any atom is -0.444 e. The van der Waals surface area contributed by atoms with Gasteiger partial charge in [-0.3, -0.25) is 4.98 Å². The van der Waals surface area contributed by atoms with Gasteiger partial charge >= 0.3 is 6.09 Å². The molecular weight excluding hydrogens is 484 g/mol. The minimum absolute atomic E-state index is 0.205. The molecule has 11 nitrogen and oxygen atoms in total. The molecule has 0 bridgehead atoms. The molecule has 0 atom stereocenters. The van der Waals surface area contributed by atoms with Gasteiger partial charge in [-0.2, -0.15) is 0 Å². The summed E-state index contributed by atoms with van der Waals surface area (Å²) in [7, 11) is 0. The number of aromatic nitrogens is 5. The third kappa shape index (κ3) is 5.33. The highest BCUT2D eigenvalue weighted by Crippen LogP contribution is 2.33. The van der Waals surface area contributed by atoms with E-state index in [2.05, 4.69) is 49.4 Å². The summed E-state index contributed by atoms with van der Waals surface area (Å²) in [5.41, 5.74) is 10.8. The van der Waals surface area contributed by atoms with E-state index in [4.69, 9.17) is 20.1 Å². The number of likely N-dealkylation sites (tertiary alicyclic amines) is 1. The molecule has 4 heterocycles. The molecule has 1 fully saturated rings. The number of ether oxygens (including phenoxy) is 1. The van der Waals surface area contributed by atoms with Gasteiger partial charge in [-0.1, -0.05) is 24.3 Å². The molecular formula is C27H34N8O3. The Hall–Kier alpha value is -3.99. The number of carbonyl (C=O) groups is 1. The molecule has 5 rings (SSSR count). The minimum atomic E-state index is -0.471. The molecule has 0 spiro atoms. The standard InChI is InChI=1S/C27H34N8O3/c1-5-35-23-20(15-29-16-21(23)31-25(35)22-24(28)33-38-32-22)18-8-6-17(7-9-18)14-30-19-10-12-34(13-11-19)26(36)37-27(2,3)4/h6-9,15-16,19,30H,5,10-14H2,1-4H3,(H2,28,33). The number of nitrogens with zero attached hydrogens (tertiary/aromatic N) is 6. The number of anilines is 1. The lowest BCUT2D eigenvalue weighted by atomic mass is 10.0. The summed E-state index contributed by atoms with van der Waals surface area (Å²) in [6, 6.07) is 8.84. The molecule has 200 valence electrons. The molecule has 38 heavy (non-hydrogen) atoms.